The zero-order chi connectivity index (χ0) is 31.1. The van der Waals surface area contributed by atoms with Crippen molar-refractivity contribution in [1.29, 1.82) is 0 Å². The van der Waals surface area contributed by atoms with Gasteiger partial charge in [0, 0.05) is 23.7 Å². The van der Waals surface area contributed by atoms with Gasteiger partial charge in [0.1, 0.15) is 18.3 Å². The van der Waals surface area contributed by atoms with E-state index in [2.05, 4.69) is 10.6 Å². The molecule has 5 rings (SSSR count). The number of hydrogen-bond donors (Lipinski definition) is 3. The minimum atomic E-state index is -1.74. The Morgan fingerprint density at radius 2 is 1.36 bits per heavy atom. The third-order valence-electron chi connectivity index (χ3n) is 7.80. The number of para-hydroxylation sites is 2. The zero-order valence-corrected chi connectivity index (χ0v) is 24.7. The molecule has 3 N–H and O–H groups in total. The third-order valence-corrected chi connectivity index (χ3v) is 7.80. The van der Waals surface area contributed by atoms with E-state index in [0.29, 0.717) is 41.7 Å². The number of ether oxygens (including phenoxy) is 2. The molecule has 0 saturated heterocycles. The van der Waals surface area contributed by atoms with Crippen molar-refractivity contribution in [2.75, 3.05) is 17.2 Å². The number of ketones is 1. The second kappa shape index (κ2) is 13.6. The molecule has 2 amide bonds. The average molecular weight is 593 g/mol. The maximum absolute atomic E-state index is 14.0. The number of nitrogens with one attached hydrogen (secondary N) is 2. The van der Waals surface area contributed by atoms with Crippen molar-refractivity contribution in [2.45, 2.75) is 38.4 Å². The fourth-order valence-corrected chi connectivity index (χ4v) is 5.83. The fraction of sp³-hybridized carbons (Fsp3) is 0.250. The molecular formula is C36H36N2O6. The first-order chi connectivity index (χ1) is 21.3. The van der Waals surface area contributed by atoms with E-state index < -0.39 is 41.0 Å². The molecule has 0 heterocycles. The minimum absolute atomic E-state index is 0.307. The number of carbonyl (C=O) groups excluding carboxylic acids is 3. The van der Waals surface area contributed by atoms with Crippen LogP contribution in [0, 0.1) is 11.8 Å². The van der Waals surface area contributed by atoms with Gasteiger partial charge in [-0.15, -0.1) is 0 Å². The van der Waals surface area contributed by atoms with Crippen molar-refractivity contribution in [3.8, 4) is 11.5 Å². The molecule has 0 aliphatic heterocycles. The first kappa shape index (κ1) is 30.5. The molecule has 0 bridgehead atoms. The summed E-state index contributed by atoms with van der Waals surface area (Å²) < 4.78 is 12.0. The van der Waals surface area contributed by atoms with Crippen molar-refractivity contribution in [3.05, 3.63) is 120 Å². The Kier molecular flexibility index (Phi) is 9.41. The highest BCUT2D eigenvalue weighted by atomic mass is 16.5. The van der Waals surface area contributed by atoms with Crippen molar-refractivity contribution in [3.63, 3.8) is 0 Å². The van der Waals surface area contributed by atoms with Crippen LogP contribution in [-0.4, -0.2) is 34.9 Å². The lowest BCUT2D eigenvalue weighted by molar-refractivity contribution is -0.150. The first-order valence-electron chi connectivity index (χ1n) is 14.7. The van der Waals surface area contributed by atoms with Crippen LogP contribution in [0.15, 0.2) is 109 Å². The molecule has 1 fully saturated rings. The zero-order valence-electron chi connectivity index (χ0n) is 24.7. The number of hydrogen-bond acceptors (Lipinski definition) is 6. The maximum atomic E-state index is 14.0. The predicted molar refractivity (Wildman–Crippen MR) is 168 cm³/mol. The van der Waals surface area contributed by atoms with E-state index in [4.69, 9.17) is 9.47 Å². The molecule has 44 heavy (non-hydrogen) atoms. The third kappa shape index (κ3) is 6.98. The summed E-state index contributed by atoms with van der Waals surface area (Å²) >= 11 is 0. The van der Waals surface area contributed by atoms with Gasteiger partial charge in [0.25, 0.3) is 0 Å². The Balaban J connectivity index is 1.56. The molecule has 8 heteroatoms. The predicted octanol–water partition coefficient (Wildman–Crippen LogP) is 5.98. The minimum Gasteiger partial charge on any atom is -0.490 e. The van der Waals surface area contributed by atoms with Crippen LogP contribution >= 0.6 is 0 Å². The van der Waals surface area contributed by atoms with Crippen molar-refractivity contribution in [1.82, 2.24) is 0 Å². The molecular weight excluding hydrogens is 556 g/mol. The molecule has 1 aliphatic rings. The monoisotopic (exact) mass is 592 g/mol. The Labute approximate surface area is 257 Å². The number of Topliss-reactive ketones (excluding diaryl/α,β-unsaturated/α-hetero) is 1. The lowest BCUT2D eigenvalue weighted by atomic mass is 9.61. The summed E-state index contributed by atoms with van der Waals surface area (Å²) in [5.41, 5.74) is 0.789. The number of carbonyl (C=O) groups is 3. The highest BCUT2D eigenvalue weighted by Gasteiger charge is 2.56. The van der Waals surface area contributed by atoms with E-state index in [9.17, 15) is 19.5 Å². The van der Waals surface area contributed by atoms with Crippen LogP contribution in [0.2, 0.25) is 0 Å². The highest BCUT2D eigenvalue weighted by Crippen LogP contribution is 2.48. The summed E-state index contributed by atoms with van der Waals surface area (Å²) in [6, 6.07) is 32.5. The van der Waals surface area contributed by atoms with Crippen LogP contribution in [0.3, 0.4) is 0 Å². The molecule has 4 unspecified atom stereocenters. The van der Waals surface area contributed by atoms with Gasteiger partial charge in [-0.25, -0.2) is 0 Å². The molecule has 4 aromatic rings. The van der Waals surface area contributed by atoms with Gasteiger partial charge in [0.2, 0.25) is 11.8 Å². The van der Waals surface area contributed by atoms with E-state index >= 15 is 0 Å². The number of amides is 2. The molecule has 1 aliphatic carbocycles. The first-order valence-corrected chi connectivity index (χ1v) is 14.7. The van der Waals surface area contributed by atoms with Crippen LogP contribution < -0.4 is 20.1 Å². The van der Waals surface area contributed by atoms with Gasteiger partial charge in [0.05, 0.1) is 18.1 Å². The van der Waals surface area contributed by atoms with Gasteiger partial charge in [-0.2, -0.15) is 0 Å². The summed E-state index contributed by atoms with van der Waals surface area (Å²) in [6.07, 6.45) is -0.361. The number of anilines is 2. The lowest BCUT2D eigenvalue weighted by Crippen LogP contribution is -2.56. The Hall–Kier alpha value is -4.95. The molecule has 0 spiro atoms. The Bertz CT molecular complexity index is 1590. The molecule has 8 nitrogen and oxygen atoms in total. The largest absolute Gasteiger partial charge is 0.490 e. The highest BCUT2D eigenvalue weighted by molar-refractivity contribution is 6.10. The molecule has 0 radical (unpaired) electrons. The normalized spacial score (nSPS) is 21.2. The molecule has 1 saturated carbocycles. The SMILES string of the molecule is CCOc1cc(C2C(C(=O)Nc3ccccc3)C(=O)CC(C)(O)C2C(=O)Nc2ccccc2)ccc1OCc1ccccc1. The van der Waals surface area contributed by atoms with E-state index in [1.54, 1.807) is 66.7 Å². The van der Waals surface area contributed by atoms with E-state index in [1.807, 2.05) is 49.4 Å². The van der Waals surface area contributed by atoms with E-state index in [1.165, 1.54) is 6.92 Å². The van der Waals surface area contributed by atoms with E-state index in [0.717, 1.165) is 5.56 Å². The Morgan fingerprint density at radius 3 is 1.95 bits per heavy atom. The van der Waals surface area contributed by atoms with Gasteiger partial charge >= 0.3 is 0 Å². The number of rotatable bonds is 10. The molecule has 4 atom stereocenters. The van der Waals surface area contributed by atoms with Crippen LogP contribution in [0.1, 0.15) is 37.3 Å². The maximum Gasteiger partial charge on any atom is 0.235 e. The van der Waals surface area contributed by atoms with Gasteiger partial charge in [-0.05, 0) is 61.4 Å². The van der Waals surface area contributed by atoms with Gasteiger partial charge < -0.3 is 25.2 Å². The lowest BCUT2D eigenvalue weighted by Gasteiger charge is -2.44. The van der Waals surface area contributed by atoms with Crippen molar-refractivity contribution in [2.24, 2.45) is 11.8 Å². The van der Waals surface area contributed by atoms with E-state index in [-0.39, 0.29) is 6.42 Å². The average Bonchev–Trinajstić information content (AvgIpc) is 3.01. The van der Waals surface area contributed by atoms with Crippen LogP contribution in [0.5, 0.6) is 11.5 Å². The standard InChI is InChI=1S/C36H36N2O6/c1-3-43-30-21-25(19-20-29(30)44-23-24-13-7-4-8-14-24)31-32(34(40)37-26-15-9-5-10-16-26)28(39)22-36(2,42)33(31)35(41)38-27-17-11-6-12-18-27/h4-21,31-33,42H,3,22-23H2,1-2H3,(H,37,40)(H,38,41). The van der Waals surface area contributed by atoms with Crippen LogP contribution in [0.4, 0.5) is 11.4 Å². The van der Waals surface area contributed by atoms with Crippen molar-refractivity contribution >= 4 is 29.0 Å². The summed E-state index contributed by atoms with van der Waals surface area (Å²) in [7, 11) is 0. The van der Waals surface area contributed by atoms with Gasteiger partial charge in [0.15, 0.2) is 11.5 Å². The molecule has 0 aromatic heterocycles. The topological polar surface area (TPSA) is 114 Å². The van der Waals surface area contributed by atoms with Crippen LogP contribution in [0.25, 0.3) is 0 Å². The summed E-state index contributed by atoms with van der Waals surface area (Å²) in [4.78, 5) is 41.5. The second-order valence-electron chi connectivity index (χ2n) is 11.1. The summed E-state index contributed by atoms with van der Waals surface area (Å²) in [5.74, 6) is -4.06. The summed E-state index contributed by atoms with van der Waals surface area (Å²) in [6.45, 7) is 3.96. The molecule has 226 valence electrons. The van der Waals surface area contributed by atoms with Crippen molar-refractivity contribution < 1.29 is 29.0 Å². The smallest absolute Gasteiger partial charge is 0.235 e. The fourth-order valence-electron chi connectivity index (χ4n) is 5.83. The van der Waals surface area contributed by atoms with Crippen LogP contribution in [-0.2, 0) is 21.0 Å². The van der Waals surface area contributed by atoms with Gasteiger partial charge in [-0.3, -0.25) is 14.4 Å². The number of benzene rings is 4. The quantitative estimate of drug-likeness (QED) is 0.195. The summed E-state index contributed by atoms with van der Waals surface area (Å²) in [5, 5.41) is 17.4. The molecule has 4 aromatic carbocycles. The number of aliphatic hydroxyl groups is 1. The second-order valence-corrected chi connectivity index (χ2v) is 11.1. The Morgan fingerprint density at radius 1 is 0.795 bits per heavy atom. The van der Waals surface area contributed by atoms with Gasteiger partial charge in [-0.1, -0.05) is 72.8 Å².